The van der Waals surface area contributed by atoms with Crippen LogP contribution in [0.15, 0.2) is 24.3 Å². The minimum atomic E-state index is 0.753. The first-order chi connectivity index (χ1) is 8.76. The van der Waals surface area contributed by atoms with Gasteiger partial charge in [0.1, 0.15) is 5.82 Å². The van der Waals surface area contributed by atoms with Crippen LogP contribution in [0.25, 0.3) is 11.0 Å². The van der Waals surface area contributed by atoms with Crippen LogP contribution < -0.4 is 5.73 Å². The Morgan fingerprint density at radius 3 is 2.94 bits per heavy atom. The molecule has 0 amide bonds. The third-order valence-electron chi connectivity index (χ3n) is 3.78. The zero-order valence-corrected chi connectivity index (χ0v) is 10.8. The van der Waals surface area contributed by atoms with Gasteiger partial charge in [0.2, 0.25) is 0 Å². The highest BCUT2D eigenvalue weighted by Gasteiger charge is 2.36. The summed E-state index contributed by atoms with van der Waals surface area (Å²) >= 11 is 0. The molecule has 4 nitrogen and oxygen atoms in total. The lowest BCUT2D eigenvalue weighted by Gasteiger charge is -2.14. The SMILES string of the molecule is CN(Cc1nc2ccccc2[nH]1)C[C@@H]1C[C@@H]1CN. The molecule has 2 aromatic rings. The molecule has 18 heavy (non-hydrogen) atoms. The van der Waals surface area contributed by atoms with Crippen molar-refractivity contribution in [2.24, 2.45) is 17.6 Å². The van der Waals surface area contributed by atoms with Crippen LogP contribution in [0.3, 0.4) is 0 Å². The average Bonchev–Trinajstić information content (AvgIpc) is 2.97. The van der Waals surface area contributed by atoms with Crippen molar-refractivity contribution >= 4 is 11.0 Å². The van der Waals surface area contributed by atoms with Crippen molar-refractivity contribution in [1.82, 2.24) is 14.9 Å². The van der Waals surface area contributed by atoms with Crippen molar-refractivity contribution in [3.05, 3.63) is 30.1 Å². The Balaban J connectivity index is 1.61. The van der Waals surface area contributed by atoms with Gasteiger partial charge in [-0.3, -0.25) is 4.90 Å². The molecule has 96 valence electrons. The maximum atomic E-state index is 5.67. The number of nitrogens with two attached hydrogens (primary N) is 1. The van der Waals surface area contributed by atoms with Crippen molar-refractivity contribution in [3.8, 4) is 0 Å². The molecule has 1 aromatic heterocycles. The number of aromatic nitrogens is 2. The van der Waals surface area contributed by atoms with Gasteiger partial charge in [-0.1, -0.05) is 12.1 Å². The molecular weight excluding hydrogens is 224 g/mol. The molecule has 0 radical (unpaired) electrons. The zero-order chi connectivity index (χ0) is 12.5. The fourth-order valence-electron chi connectivity index (χ4n) is 2.62. The van der Waals surface area contributed by atoms with Gasteiger partial charge in [0.05, 0.1) is 17.6 Å². The standard InChI is InChI=1S/C14H20N4/c1-18(8-11-6-10(11)7-15)9-14-16-12-4-2-3-5-13(12)17-14/h2-5,10-11H,6-9,15H2,1H3,(H,16,17)/t10-,11+/m1/s1. The zero-order valence-electron chi connectivity index (χ0n) is 10.8. The van der Waals surface area contributed by atoms with E-state index < -0.39 is 0 Å². The molecular formula is C14H20N4. The first kappa shape index (κ1) is 11.7. The number of H-pyrrole nitrogens is 1. The molecule has 0 aliphatic heterocycles. The molecule has 4 heteroatoms. The van der Waals surface area contributed by atoms with Gasteiger partial charge in [-0.2, -0.15) is 0 Å². The summed E-state index contributed by atoms with van der Waals surface area (Å²) in [5, 5.41) is 0. The largest absolute Gasteiger partial charge is 0.341 e. The molecule has 0 unspecified atom stereocenters. The highest BCUT2D eigenvalue weighted by atomic mass is 15.1. The molecule has 1 aliphatic rings. The van der Waals surface area contributed by atoms with E-state index in [9.17, 15) is 0 Å². The maximum Gasteiger partial charge on any atom is 0.121 e. The molecule has 0 saturated heterocycles. The molecule has 1 aliphatic carbocycles. The predicted octanol–water partition coefficient (Wildman–Crippen LogP) is 1.59. The minimum Gasteiger partial charge on any atom is -0.341 e. The minimum absolute atomic E-state index is 0.753. The number of imidazole rings is 1. The van der Waals surface area contributed by atoms with Gasteiger partial charge in [0.25, 0.3) is 0 Å². The number of rotatable bonds is 5. The van der Waals surface area contributed by atoms with E-state index in [1.165, 1.54) is 6.42 Å². The van der Waals surface area contributed by atoms with Gasteiger partial charge in [-0.15, -0.1) is 0 Å². The summed E-state index contributed by atoms with van der Waals surface area (Å²) in [7, 11) is 2.15. The van der Waals surface area contributed by atoms with Crippen LogP contribution in [0.5, 0.6) is 0 Å². The lowest BCUT2D eigenvalue weighted by Crippen LogP contribution is -2.22. The van der Waals surface area contributed by atoms with E-state index in [1.807, 2.05) is 18.2 Å². The fourth-order valence-corrected chi connectivity index (χ4v) is 2.62. The van der Waals surface area contributed by atoms with Gasteiger partial charge in [-0.25, -0.2) is 4.98 Å². The Morgan fingerprint density at radius 2 is 2.22 bits per heavy atom. The second kappa shape index (κ2) is 4.71. The molecule has 0 bridgehead atoms. The Labute approximate surface area is 107 Å². The summed E-state index contributed by atoms with van der Waals surface area (Å²) < 4.78 is 0. The molecule has 0 spiro atoms. The third-order valence-corrected chi connectivity index (χ3v) is 3.78. The lowest BCUT2D eigenvalue weighted by molar-refractivity contribution is 0.300. The molecule has 1 heterocycles. The van der Waals surface area contributed by atoms with Crippen molar-refractivity contribution in [1.29, 1.82) is 0 Å². The van der Waals surface area contributed by atoms with E-state index in [1.54, 1.807) is 0 Å². The predicted molar refractivity (Wildman–Crippen MR) is 73.1 cm³/mol. The summed E-state index contributed by atoms with van der Waals surface area (Å²) in [5.41, 5.74) is 7.83. The highest BCUT2D eigenvalue weighted by molar-refractivity contribution is 5.74. The number of aromatic amines is 1. The van der Waals surface area contributed by atoms with E-state index in [-0.39, 0.29) is 0 Å². The van der Waals surface area contributed by atoms with Gasteiger partial charge >= 0.3 is 0 Å². The number of nitrogens with zero attached hydrogens (tertiary/aromatic N) is 2. The van der Waals surface area contributed by atoms with E-state index >= 15 is 0 Å². The number of para-hydroxylation sites is 2. The topological polar surface area (TPSA) is 57.9 Å². The second-order valence-corrected chi connectivity index (χ2v) is 5.39. The van der Waals surface area contributed by atoms with Crippen LogP contribution in [0.2, 0.25) is 0 Å². The van der Waals surface area contributed by atoms with Crippen LogP contribution >= 0.6 is 0 Å². The normalized spacial score (nSPS) is 22.8. The third kappa shape index (κ3) is 2.40. The monoisotopic (exact) mass is 244 g/mol. The van der Waals surface area contributed by atoms with E-state index in [4.69, 9.17) is 5.73 Å². The molecule has 3 rings (SSSR count). The number of fused-ring (bicyclic) bond motifs is 1. The van der Waals surface area contributed by atoms with Crippen LogP contribution in [-0.4, -0.2) is 35.0 Å². The number of nitrogens with one attached hydrogen (secondary N) is 1. The van der Waals surface area contributed by atoms with E-state index in [0.29, 0.717) is 0 Å². The molecule has 1 aromatic carbocycles. The molecule has 2 atom stereocenters. The Hall–Kier alpha value is -1.39. The summed E-state index contributed by atoms with van der Waals surface area (Å²) in [6, 6.07) is 8.16. The first-order valence-corrected chi connectivity index (χ1v) is 6.58. The van der Waals surface area contributed by atoms with Crippen LogP contribution in [-0.2, 0) is 6.54 Å². The van der Waals surface area contributed by atoms with Crippen LogP contribution in [0.4, 0.5) is 0 Å². The van der Waals surface area contributed by atoms with Gasteiger partial charge in [0.15, 0.2) is 0 Å². The Bertz CT molecular complexity index is 500. The second-order valence-electron chi connectivity index (χ2n) is 5.39. The van der Waals surface area contributed by atoms with Crippen molar-refractivity contribution in [2.45, 2.75) is 13.0 Å². The fraction of sp³-hybridized carbons (Fsp3) is 0.500. The van der Waals surface area contributed by atoms with Crippen molar-refractivity contribution in [3.63, 3.8) is 0 Å². The molecule has 1 fully saturated rings. The number of hydrogen-bond acceptors (Lipinski definition) is 3. The smallest absolute Gasteiger partial charge is 0.121 e. The van der Waals surface area contributed by atoms with Crippen LogP contribution in [0.1, 0.15) is 12.2 Å². The Morgan fingerprint density at radius 1 is 1.39 bits per heavy atom. The van der Waals surface area contributed by atoms with Gasteiger partial charge < -0.3 is 10.7 Å². The maximum absolute atomic E-state index is 5.67. The highest BCUT2D eigenvalue weighted by Crippen LogP contribution is 2.37. The molecule has 3 N–H and O–H groups in total. The van der Waals surface area contributed by atoms with Gasteiger partial charge in [-0.05, 0) is 44.0 Å². The van der Waals surface area contributed by atoms with E-state index in [2.05, 4.69) is 28.0 Å². The van der Waals surface area contributed by atoms with Crippen molar-refractivity contribution < 1.29 is 0 Å². The summed E-state index contributed by atoms with van der Waals surface area (Å²) in [5.74, 6) is 2.59. The summed E-state index contributed by atoms with van der Waals surface area (Å²) in [4.78, 5) is 10.3. The number of benzene rings is 1. The van der Waals surface area contributed by atoms with Crippen LogP contribution in [0, 0.1) is 11.8 Å². The van der Waals surface area contributed by atoms with E-state index in [0.717, 1.165) is 48.3 Å². The first-order valence-electron chi connectivity index (χ1n) is 6.58. The summed E-state index contributed by atoms with van der Waals surface area (Å²) in [6.45, 7) is 2.84. The van der Waals surface area contributed by atoms with Gasteiger partial charge in [0, 0.05) is 6.54 Å². The quantitative estimate of drug-likeness (QED) is 0.839. The summed E-state index contributed by atoms with van der Waals surface area (Å²) in [6.07, 6.45) is 1.29. The number of hydrogen-bond donors (Lipinski definition) is 2. The molecule has 1 saturated carbocycles. The average molecular weight is 244 g/mol. The Kier molecular flexibility index (Phi) is 3.06. The lowest BCUT2D eigenvalue weighted by atomic mass is 10.3. The van der Waals surface area contributed by atoms with Crippen molar-refractivity contribution in [2.75, 3.05) is 20.1 Å².